The van der Waals surface area contributed by atoms with E-state index in [1.165, 1.54) is 0 Å². The number of aromatic amines is 1. The van der Waals surface area contributed by atoms with Gasteiger partial charge < -0.3 is 0 Å². The summed E-state index contributed by atoms with van der Waals surface area (Å²) in [6.45, 7) is 3.84. The minimum Gasteiger partial charge on any atom is -0.276 e. The van der Waals surface area contributed by atoms with E-state index >= 15 is 0 Å². The van der Waals surface area contributed by atoms with E-state index in [-0.39, 0.29) is 0 Å². The molecule has 0 aliphatic carbocycles. The van der Waals surface area contributed by atoms with Crippen molar-refractivity contribution in [2.24, 2.45) is 0 Å². The SMILES string of the molecule is CC(C)(C#N)c1ccc(-c2n[nH]c3cnc4ccc(-c5ccccn5)cc4c23)cc1. The number of nitrogens with zero attached hydrogens (tertiary/aromatic N) is 4. The molecule has 0 radical (unpaired) electrons. The predicted octanol–water partition coefficient (Wildman–Crippen LogP) is 5.64. The van der Waals surface area contributed by atoms with Crippen molar-refractivity contribution in [3.8, 4) is 28.6 Å². The van der Waals surface area contributed by atoms with Crippen LogP contribution in [-0.2, 0) is 5.41 Å². The van der Waals surface area contributed by atoms with Gasteiger partial charge in [0.25, 0.3) is 0 Å². The lowest BCUT2D eigenvalue weighted by Gasteiger charge is -2.15. The Kier molecular flexibility index (Phi) is 4.07. The van der Waals surface area contributed by atoms with Crippen molar-refractivity contribution >= 4 is 21.8 Å². The second kappa shape index (κ2) is 6.78. The molecule has 0 saturated carbocycles. The summed E-state index contributed by atoms with van der Waals surface area (Å²) in [5, 5.41) is 19.2. The third-order valence-corrected chi connectivity index (χ3v) is 5.51. The van der Waals surface area contributed by atoms with Gasteiger partial charge in [0, 0.05) is 28.1 Å². The molecule has 144 valence electrons. The fourth-order valence-electron chi connectivity index (χ4n) is 3.72. The van der Waals surface area contributed by atoms with Crippen molar-refractivity contribution in [3.63, 3.8) is 0 Å². The molecule has 5 heteroatoms. The minimum absolute atomic E-state index is 0.527. The van der Waals surface area contributed by atoms with Gasteiger partial charge in [-0.3, -0.25) is 15.1 Å². The van der Waals surface area contributed by atoms with E-state index in [0.29, 0.717) is 0 Å². The normalized spacial score (nSPS) is 11.6. The molecule has 5 nitrogen and oxygen atoms in total. The summed E-state index contributed by atoms with van der Waals surface area (Å²) in [5.41, 5.74) is 6.08. The Labute approximate surface area is 174 Å². The van der Waals surface area contributed by atoms with Crippen LogP contribution in [0.5, 0.6) is 0 Å². The maximum Gasteiger partial charge on any atom is 0.101 e. The lowest BCUT2D eigenvalue weighted by Crippen LogP contribution is -2.13. The fourth-order valence-corrected chi connectivity index (χ4v) is 3.72. The van der Waals surface area contributed by atoms with Crippen LogP contribution in [0.3, 0.4) is 0 Å². The van der Waals surface area contributed by atoms with Crippen molar-refractivity contribution in [2.75, 3.05) is 0 Å². The Hall–Kier alpha value is -4.04. The topological polar surface area (TPSA) is 78.2 Å². The molecule has 5 rings (SSSR count). The molecule has 0 bridgehead atoms. The third kappa shape index (κ3) is 2.90. The number of hydrogen-bond donors (Lipinski definition) is 1. The van der Waals surface area contributed by atoms with E-state index in [4.69, 9.17) is 0 Å². The number of hydrogen-bond acceptors (Lipinski definition) is 4. The number of pyridine rings is 2. The van der Waals surface area contributed by atoms with Gasteiger partial charge in [0.1, 0.15) is 5.69 Å². The molecule has 0 spiro atoms. The van der Waals surface area contributed by atoms with Gasteiger partial charge in [-0.05, 0) is 43.7 Å². The number of H-pyrrole nitrogens is 1. The van der Waals surface area contributed by atoms with Crippen molar-refractivity contribution in [1.29, 1.82) is 5.26 Å². The molecule has 0 amide bonds. The molecule has 0 saturated heterocycles. The maximum atomic E-state index is 9.40. The van der Waals surface area contributed by atoms with Gasteiger partial charge in [0.2, 0.25) is 0 Å². The second-order valence-corrected chi connectivity index (χ2v) is 7.88. The Balaban J connectivity index is 1.70. The average Bonchev–Trinajstić information content (AvgIpc) is 3.24. The molecule has 2 aromatic carbocycles. The van der Waals surface area contributed by atoms with E-state index in [2.05, 4.69) is 32.3 Å². The molecule has 3 heterocycles. The molecule has 5 aromatic rings. The largest absolute Gasteiger partial charge is 0.276 e. The lowest BCUT2D eigenvalue weighted by molar-refractivity contribution is 0.687. The molecule has 30 heavy (non-hydrogen) atoms. The number of benzene rings is 2. The predicted molar refractivity (Wildman–Crippen MR) is 119 cm³/mol. The summed E-state index contributed by atoms with van der Waals surface area (Å²) in [5.74, 6) is 0. The molecule has 0 unspecified atom stereocenters. The quantitative estimate of drug-likeness (QED) is 0.433. The first-order chi connectivity index (χ1) is 14.6. The molecule has 3 aromatic heterocycles. The zero-order valence-corrected chi connectivity index (χ0v) is 16.7. The Morgan fingerprint density at radius 2 is 1.73 bits per heavy atom. The summed E-state index contributed by atoms with van der Waals surface area (Å²) in [7, 11) is 0. The van der Waals surface area contributed by atoms with E-state index in [0.717, 1.165) is 49.9 Å². The number of rotatable bonds is 3. The summed E-state index contributed by atoms with van der Waals surface area (Å²) >= 11 is 0. The first-order valence-electron chi connectivity index (χ1n) is 9.77. The van der Waals surface area contributed by atoms with E-state index in [1.807, 2.05) is 74.6 Å². The van der Waals surface area contributed by atoms with Crippen LogP contribution in [0.1, 0.15) is 19.4 Å². The van der Waals surface area contributed by atoms with Crippen LogP contribution < -0.4 is 0 Å². The van der Waals surface area contributed by atoms with Crippen LogP contribution in [0.25, 0.3) is 44.3 Å². The molecule has 0 fully saturated rings. The average molecular weight is 389 g/mol. The number of fused-ring (bicyclic) bond motifs is 3. The fraction of sp³-hybridized carbons (Fsp3) is 0.120. The third-order valence-electron chi connectivity index (χ3n) is 5.51. The first kappa shape index (κ1) is 18.0. The summed E-state index contributed by atoms with van der Waals surface area (Å²) < 4.78 is 0. The second-order valence-electron chi connectivity index (χ2n) is 7.88. The number of aromatic nitrogens is 4. The van der Waals surface area contributed by atoms with Crippen molar-refractivity contribution in [2.45, 2.75) is 19.3 Å². The van der Waals surface area contributed by atoms with Gasteiger partial charge in [-0.25, -0.2) is 0 Å². The summed E-state index contributed by atoms with van der Waals surface area (Å²) in [6, 6.07) is 22.5. The Bertz CT molecular complexity index is 1410. The highest BCUT2D eigenvalue weighted by atomic mass is 15.1. The van der Waals surface area contributed by atoms with Gasteiger partial charge in [-0.15, -0.1) is 0 Å². The van der Waals surface area contributed by atoms with Gasteiger partial charge in [-0.1, -0.05) is 36.4 Å². The highest BCUT2D eigenvalue weighted by Crippen LogP contribution is 2.34. The molecule has 0 aliphatic heterocycles. The van der Waals surface area contributed by atoms with Crippen molar-refractivity contribution in [1.82, 2.24) is 20.2 Å². The first-order valence-corrected chi connectivity index (χ1v) is 9.77. The smallest absolute Gasteiger partial charge is 0.101 e. The minimum atomic E-state index is -0.527. The Morgan fingerprint density at radius 1 is 0.933 bits per heavy atom. The van der Waals surface area contributed by atoms with Crippen LogP contribution in [-0.4, -0.2) is 20.2 Å². The van der Waals surface area contributed by atoms with Gasteiger partial charge in [-0.2, -0.15) is 10.4 Å². The van der Waals surface area contributed by atoms with Crippen molar-refractivity contribution < 1.29 is 0 Å². The standard InChI is InChI=1S/C25H19N5/c1-25(2,15-26)18-9-6-16(7-10-18)24-23-19-13-17(20-5-3-4-12-27-20)8-11-21(19)28-14-22(23)29-30-24/h3-14H,1-2H3,(H,29,30). The maximum absolute atomic E-state index is 9.40. The van der Waals surface area contributed by atoms with Crippen LogP contribution in [0.15, 0.2) is 73.1 Å². The van der Waals surface area contributed by atoms with Gasteiger partial charge in [0.15, 0.2) is 0 Å². The monoisotopic (exact) mass is 389 g/mol. The highest BCUT2D eigenvalue weighted by molar-refractivity contribution is 6.11. The van der Waals surface area contributed by atoms with Gasteiger partial charge >= 0.3 is 0 Å². The molecule has 0 atom stereocenters. The van der Waals surface area contributed by atoms with Crippen LogP contribution in [0.4, 0.5) is 0 Å². The van der Waals surface area contributed by atoms with Crippen LogP contribution >= 0.6 is 0 Å². The molecular weight excluding hydrogens is 370 g/mol. The van der Waals surface area contributed by atoms with Crippen LogP contribution in [0, 0.1) is 11.3 Å². The van der Waals surface area contributed by atoms with E-state index < -0.39 is 5.41 Å². The van der Waals surface area contributed by atoms with Gasteiger partial charge in [0.05, 0.1) is 34.4 Å². The summed E-state index contributed by atoms with van der Waals surface area (Å²) in [4.78, 5) is 9.06. The zero-order chi connectivity index (χ0) is 20.7. The zero-order valence-electron chi connectivity index (χ0n) is 16.7. The summed E-state index contributed by atoms with van der Waals surface area (Å²) in [6.07, 6.45) is 3.62. The Morgan fingerprint density at radius 3 is 2.47 bits per heavy atom. The van der Waals surface area contributed by atoms with Crippen molar-refractivity contribution in [3.05, 3.63) is 78.6 Å². The lowest BCUT2D eigenvalue weighted by atomic mass is 9.86. The number of nitrogens with one attached hydrogen (secondary N) is 1. The molecule has 0 aliphatic rings. The van der Waals surface area contributed by atoms with Crippen LogP contribution in [0.2, 0.25) is 0 Å². The van der Waals surface area contributed by atoms with E-state index in [1.54, 1.807) is 6.20 Å². The molecule has 1 N–H and O–H groups in total. The van der Waals surface area contributed by atoms with E-state index in [9.17, 15) is 5.26 Å². The molecular formula is C25H19N5. The highest BCUT2D eigenvalue weighted by Gasteiger charge is 2.20. The number of nitriles is 1.